The quantitative estimate of drug-likeness (QED) is 0.584. The zero-order valence-electron chi connectivity index (χ0n) is 20.6. The third-order valence-electron chi connectivity index (χ3n) is 7.89. The van der Waals surface area contributed by atoms with Gasteiger partial charge in [0.2, 0.25) is 0 Å². The first-order valence-electron chi connectivity index (χ1n) is 13.0. The van der Waals surface area contributed by atoms with Gasteiger partial charge in [0.15, 0.2) is 15.7 Å². The third kappa shape index (κ3) is 4.34. The van der Waals surface area contributed by atoms with E-state index in [1.807, 2.05) is 30.3 Å². The molecule has 3 aliphatic carbocycles. The third-order valence-corrected chi connectivity index (χ3v) is 11.0. The standard InChI is InChI=1S/C26H33N5O4S/c1-17-16-35-14-13-31(17)23-15-22(26(11-12-26)36(33,34)21-9-10-21)29-24(30-23)18-5-7-20(8-6-18)28-25(32)27-19-3-2-4-19/h5-8,15,17,19,21H,2-4,9-14,16H2,1H3,(H2,27,28,32)/t17-/m0/s1. The largest absolute Gasteiger partial charge is 0.377 e. The van der Waals surface area contributed by atoms with Gasteiger partial charge < -0.3 is 20.3 Å². The lowest BCUT2D eigenvalue weighted by Crippen LogP contribution is -2.44. The molecule has 1 aliphatic heterocycles. The molecule has 1 aromatic heterocycles. The molecule has 9 nitrogen and oxygen atoms in total. The molecule has 1 aromatic carbocycles. The maximum Gasteiger partial charge on any atom is 0.319 e. The number of carbonyl (C=O) groups is 1. The predicted octanol–water partition coefficient (Wildman–Crippen LogP) is 3.61. The second-order valence-electron chi connectivity index (χ2n) is 10.6. The number of carbonyl (C=O) groups excluding carboxylic acids is 1. The van der Waals surface area contributed by atoms with Crippen LogP contribution in [0.4, 0.5) is 16.3 Å². The van der Waals surface area contributed by atoms with Crippen LogP contribution in [0.2, 0.25) is 0 Å². The minimum Gasteiger partial charge on any atom is -0.377 e. The highest BCUT2D eigenvalue weighted by Gasteiger charge is 2.61. The summed E-state index contributed by atoms with van der Waals surface area (Å²) in [5.74, 6) is 1.24. The zero-order chi connectivity index (χ0) is 24.9. The van der Waals surface area contributed by atoms with E-state index in [2.05, 4.69) is 22.5 Å². The summed E-state index contributed by atoms with van der Waals surface area (Å²) < 4.78 is 31.5. The number of benzene rings is 1. The van der Waals surface area contributed by atoms with Gasteiger partial charge >= 0.3 is 6.03 Å². The summed E-state index contributed by atoms with van der Waals surface area (Å²) in [6, 6.07) is 9.49. The molecule has 2 amide bonds. The van der Waals surface area contributed by atoms with Crippen molar-refractivity contribution in [2.24, 2.45) is 0 Å². The summed E-state index contributed by atoms with van der Waals surface area (Å²) >= 11 is 0. The average Bonchev–Trinajstić information content (AvgIpc) is 3.75. The molecule has 36 heavy (non-hydrogen) atoms. The Labute approximate surface area is 212 Å². The molecule has 0 bridgehead atoms. The summed E-state index contributed by atoms with van der Waals surface area (Å²) in [6.07, 6.45) is 5.94. The number of hydrogen-bond acceptors (Lipinski definition) is 7. The van der Waals surface area contributed by atoms with Crippen molar-refractivity contribution in [2.75, 3.05) is 30.0 Å². The molecule has 4 fully saturated rings. The van der Waals surface area contributed by atoms with E-state index in [9.17, 15) is 13.2 Å². The van der Waals surface area contributed by atoms with Gasteiger partial charge in [-0.1, -0.05) is 0 Å². The zero-order valence-corrected chi connectivity index (χ0v) is 21.4. The predicted molar refractivity (Wildman–Crippen MR) is 138 cm³/mol. The Morgan fingerprint density at radius 2 is 1.86 bits per heavy atom. The number of hydrogen-bond donors (Lipinski definition) is 2. The Balaban J connectivity index is 1.31. The van der Waals surface area contributed by atoms with Gasteiger partial charge in [-0.05, 0) is 76.1 Å². The number of anilines is 2. The minimum atomic E-state index is -3.28. The number of amides is 2. The van der Waals surface area contributed by atoms with E-state index in [1.165, 1.54) is 0 Å². The highest BCUT2D eigenvalue weighted by molar-refractivity contribution is 7.93. The van der Waals surface area contributed by atoms with Crippen molar-refractivity contribution in [3.63, 3.8) is 0 Å². The van der Waals surface area contributed by atoms with Gasteiger partial charge in [0, 0.05) is 29.9 Å². The molecule has 3 saturated carbocycles. The molecule has 10 heteroatoms. The Morgan fingerprint density at radius 1 is 1.11 bits per heavy atom. The van der Waals surface area contributed by atoms with Crippen LogP contribution in [0.25, 0.3) is 11.4 Å². The van der Waals surface area contributed by atoms with Crippen LogP contribution < -0.4 is 15.5 Å². The lowest BCUT2D eigenvalue weighted by molar-refractivity contribution is 0.0985. The van der Waals surface area contributed by atoms with Crippen LogP contribution in [0, 0.1) is 0 Å². The molecular formula is C26H33N5O4S. The number of rotatable bonds is 7. The van der Waals surface area contributed by atoms with Gasteiger partial charge in [0.1, 0.15) is 10.6 Å². The fourth-order valence-electron chi connectivity index (χ4n) is 5.12. The summed E-state index contributed by atoms with van der Waals surface area (Å²) in [4.78, 5) is 24.1. The van der Waals surface area contributed by atoms with Crippen LogP contribution in [0.3, 0.4) is 0 Å². The number of aromatic nitrogens is 2. The average molecular weight is 512 g/mol. The van der Waals surface area contributed by atoms with Gasteiger partial charge in [-0.3, -0.25) is 0 Å². The van der Waals surface area contributed by atoms with E-state index >= 15 is 0 Å². The molecular weight excluding hydrogens is 478 g/mol. The Hall–Kier alpha value is -2.72. The smallest absolute Gasteiger partial charge is 0.319 e. The maximum atomic E-state index is 13.4. The number of nitrogens with zero attached hydrogens (tertiary/aromatic N) is 3. The van der Waals surface area contributed by atoms with Gasteiger partial charge in [0.25, 0.3) is 0 Å². The molecule has 2 N–H and O–H groups in total. The van der Waals surface area contributed by atoms with Crippen molar-refractivity contribution in [1.82, 2.24) is 15.3 Å². The van der Waals surface area contributed by atoms with Crippen molar-refractivity contribution in [3.05, 3.63) is 36.0 Å². The molecule has 0 spiro atoms. The van der Waals surface area contributed by atoms with Gasteiger partial charge in [-0.15, -0.1) is 0 Å². The molecule has 2 heterocycles. The number of nitrogens with one attached hydrogen (secondary N) is 2. The SMILES string of the molecule is C[C@H]1COCCN1c1cc(C2(S(=O)(=O)C3CC3)CC2)nc(-c2ccc(NC(=O)NC3CCC3)cc2)n1. The Kier molecular flexibility index (Phi) is 5.91. The Bertz CT molecular complexity index is 1250. The number of ether oxygens (including phenoxy) is 1. The molecule has 0 radical (unpaired) electrons. The van der Waals surface area contributed by atoms with Crippen LogP contribution in [-0.4, -0.2) is 61.5 Å². The molecule has 1 atom stereocenters. The molecule has 1 saturated heterocycles. The lowest BCUT2D eigenvalue weighted by atomic mass is 9.93. The van der Waals surface area contributed by atoms with Crippen LogP contribution in [-0.2, 0) is 19.3 Å². The van der Waals surface area contributed by atoms with Crippen LogP contribution >= 0.6 is 0 Å². The number of sulfone groups is 1. The lowest BCUT2D eigenvalue weighted by Gasteiger charge is -2.34. The van der Waals surface area contributed by atoms with Crippen molar-refractivity contribution in [2.45, 2.75) is 74.0 Å². The maximum absolute atomic E-state index is 13.4. The molecule has 2 aromatic rings. The number of urea groups is 1. The van der Waals surface area contributed by atoms with E-state index in [4.69, 9.17) is 14.7 Å². The fourth-order valence-corrected chi connectivity index (χ4v) is 7.58. The summed E-state index contributed by atoms with van der Waals surface area (Å²) in [7, 11) is -3.28. The van der Waals surface area contributed by atoms with Crippen LogP contribution in [0.5, 0.6) is 0 Å². The first-order valence-corrected chi connectivity index (χ1v) is 14.6. The van der Waals surface area contributed by atoms with Gasteiger partial charge in [-0.25, -0.2) is 23.2 Å². The molecule has 0 unspecified atom stereocenters. The van der Waals surface area contributed by atoms with Crippen molar-refractivity contribution >= 4 is 27.4 Å². The second kappa shape index (κ2) is 8.99. The molecule has 192 valence electrons. The summed E-state index contributed by atoms with van der Waals surface area (Å²) in [5, 5.41) is 5.62. The van der Waals surface area contributed by atoms with Crippen molar-refractivity contribution in [3.8, 4) is 11.4 Å². The Morgan fingerprint density at radius 3 is 2.47 bits per heavy atom. The van der Waals surface area contributed by atoms with Crippen molar-refractivity contribution < 1.29 is 17.9 Å². The normalized spacial score (nSPS) is 23.6. The van der Waals surface area contributed by atoms with E-state index in [0.29, 0.717) is 49.8 Å². The van der Waals surface area contributed by atoms with Gasteiger partial charge in [0.05, 0.1) is 30.2 Å². The highest BCUT2D eigenvalue weighted by atomic mass is 32.2. The van der Waals surface area contributed by atoms with E-state index in [1.54, 1.807) is 0 Å². The van der Waals surface area contributed by atoms with Crippen molar-refractivity contribution in [1.29, 1.82) is 0 Å². The highest BCUT2D eigenvalue weighted by Crippen LogP contribution is 2.57. The van der Waals surface area contributed by atoms with E-state index in [0.717, 1.165) is 43.5 Å². The van der Waals surface area contributed by atoms with Crippen LogP contribution in [0.1, 0.15) is 57.6 Å². The number of morpholine rings is 1. The first-order chi connectivity index (χ1) is 17.4. The van der Waals surface area contributed by atoms with Gasteiger partial charge in [-0.2, -0.15) is 0 Å². The minimum absolute atomic E-state index is 0.130. The van der Waals surface area contributed by atoms with E-state index < -0.39 is 14.6 Å². The summed E-state index contributed by atoms with van der Waals surface area (Å²) in [5.41, 5.74) is 2.07. The van der Waals surface area contributed by atoms with E-state index in [-0.39, 0.29) is 23.4 Å². The molecule has 6 rings (SSSR count). The van der Waals surface area contributed by atoms with Crippen LogP contribution in [0.15, 0.2) is 30.3 Å². The topological polar surface area (TPSA) is 114 Å². The monoisotopic (exact) mass is 511 g/mol. The second-order valence-corrected chi connectivity index (χ2v) is 13.1. The molecule has 4 aliphatic rings. The fraction of sp³-hybridized carbons (Fsp3) is 0.577. The first kappa shape index (κ1) is 23.7. The summed E-state index contributed by atoms with van der Waals surface area (Å²) in [6.45, 7) is 3.99.